The van der Waals surface area contributed by atoms with Gasteiger partial charge in [-0.1, -0.05) is 6.07 Å². The van der Waals surface area contributed by atoms with Gasteiger partial charge in [0, 0.05) is 18.0 Å². The first-order valence-electron chi connectivity index (χ1n) is 7.51. The number of ether oxygens (including phenoxy) is 1. The molecule has 0 N–H and O–H groups in total. The molecule has 0 bridgehead atoms. The molecule has 0 aliphatic heterocycles. The number of fused-ring (bicyclic) bond motifs is 1. The van der Waals surface area contributed by atoms with Crippen molar-refractivity contribution in [2.45, 2.75) is 24.3 Å². The molecule has 6 nitrogen and oxygen atoms in total. The lowest BCUT2D eigenvalue weighted by Gasteiger charge is -2.09. The maximum atomic E-state index is 12.6. The number of thioether (sulfide) groups is 1. The molecule has 0 saturated carbocycles. The van der Waals surface area contributed by atoms with Crippen LogP contribution in [-0.4, -0.2) is 26.1 Å². The van der Waals surface area contributed by atoms with Crippen molar-refractivity contribution in [2.75, 3.05) is 0 Å². The molecular weight excluding hydrogens is 364 g/mol. The molecule has 0 unspecified atom stereocenters. The molecule has 0 radical (unpaired) electrons. The molecule has 9 heteroatoms. The highest BCUT2D eigenvalue weighted by molar-refractivity contribution is 7.99. The largest absolute Gasteiger partial charge is 0.456 e. The standard InChI is InChI=1S/C17H13F2N3O3S/c1-10-4-2-6-13-21-11(8-14(23)22(10)13)9-25-16(24)12-5-3-7-20-15(12)26-17(18)19/h2-8,17H,9H2,1H3. The zero-order chi connectivity index (χ0) is 18.7. The van der Waals surface area contributed by atoms with E-state index < -0.39 is 11.7 Å². The van der Waals surface area contributed by atoms with Crippen LogP contribution in [-0.2, 0) is 11.3 Å². The van der Waals surface area contributed by atoms with Crippen molar-refractivity contribution >= 4 is 23.4 Å². The molecule has 0 spiro atoms. The summed E-state index contributed by atoms with van der Waals surface area (Å²) in [4.78, 5) is 32.4. The summed E-state index contributed by atoms with van der Waals surface area (Å²) in [5.74, 6) is -3.52. The number of carbonyl (C=O) groups excluding carboxylic acids is 1. The van der Waals surface area contributed by atoms with E-state index in [-0.39, 0.29) is 40.2 Å². The Bertz CT molecular complexity index is 1020. The van der Waals surface area contributed by atoms with Crippen molar-refractivity contribution in [3.63, 3.8) is 0 Å². The van der Waals surface area contributed by atoms with Crippen LogP contribution in [0.2, 0.25) is 0 Å². The number of carbonyl (C=O) groups is 1. The Morgan fingerprint density at radius 1 is 1.31 bits per heavy atom. The fourth-order valence-electron chi connectivity index (χ4n) is 2.38. The van der Waals surface area contributed by atoms with Crippen LogP contribution in [0.5, 0.6) is 0 Å². The quantitative estimate of drug-likeness (QED) is 0.503. The van der Waals surface area contributed by atoms with Crippen LogP contribution in [0.4, 0.5) is 8.78 Å². The average Bonchev–Trinajstić information content (AvgIpc) is 2.59. The van der Waals surface area contributed by atoms with Gasteiger partial charge in [0.2, 0.25) is 0 Å². The van der Waals surface area contributed by atoms with E-state index in [1.165, 1.54) is 28.8 Å². The highest BCUT2D eigenvalue weighted by atomic mass is 32.2. The number of aromatic nitrogens is 3. The summed E-state index contributed by atoms with van der Waals surface area (Å²) >= 11 is 0.167. The molecule has 0 amide bonds. The van der Waals surface area contributed by atoms with E-state index in [2.05, 4.69) is 9.97 Å². The topological polar surface area (TPSA) is 73.6 Å². The Morgan fingerprint density at radius 2 is 2.12 bits per heavy atom. The third-order valence-corrected chi connectivity index (χ3v) is 4.20. The molecule has 3 aromatic heterocycles. The van der Waals surface area contributed by atoms with Crippen LogP contribution in [0.1, 0.15) is 21.7 Å². The summed E-state index contributed by atoms with van der Waals surface area (Å²) in [6, 6.07) is 9.28. The van der Waals surface area contributed by atoms with Gasteiger partial charge in [0.05, 0.1) is 11.3 Å². The highest BCUT2D eigenvalue weighted by Gasteiger charge is 2.18. The smallest absolute Gasteiger partial charge is 0.341 e. The van der Waals surface area contributed by atoms with Crippen LogP contribution < -0.4 is 5.56 Å². The van der Waals surface area contributed by atoms with Crippen molar-refractivity contribution in [1.29, 1.82) is 0 Å². The molecule has 0 aliphatic rings. The van der Waals surface area contributed by atoms with Crippen LogP contribution in [0, 0.1) is 6.92 Å². The van der Waals surface area contributed by atoms with Gasteiger partial charge in [0.15, 0.2) is 0 Å². The minimum absolute atomic E-state index is 0.0637. The summed E-state index contributed by atoms with van der Waals surface area (Å²) in [6.45, 7) is 1.52. The monoisotopic (exact) mass is 377 g/mol. The maximum Gasteiger partial charge on any atom is 0.341 e. The number of hydrogen-bond donors (Lipinski definition) is 0. The average molecular weight is 377 g/mol. The number of hydrogen-bond acceptors (Lipinski definition) is 6. The number of aryl methyl sites for hydroxylation is 1. The molecule has 0 saturated heterocycles. The maximum absolute atomic E-state index is 12.6. The van der Waals surface area contributed by atoms with Crippen LogP contribution in [0.15, 0.2) is 52.4 Å². The second-order valence-corrected chi connectivity index (χ2v) is 6.24. The molecule has 0 atom stereocenters. The predicted octanol–water partition coefficient (Wildman–Crippen LogP) is 3.07. The SMILES string of the molecule is Cc1cccc2nc(COC(=O)c3cccnc3SC(F)F)cc(=O)n12. The Hall–Kier alpha value is -2.81. The van der Waals surface area contributed by atoms with Gasteiger partial charge in [-0.05, 0) is 43.0 Å². The van der Waals surface area contributed by atoms with Crippen molar-refractivity contribution in [3.05, 3.63) is 69.9 Å². The summed E-state index contributed by atoms with van der Waals surface area (Å²) in [5, 5.41) is -0.116. The van der Waals surface area contributed by atoms with Gasteiger partial charge in [-0.15, -0.1) is 0 Å². The molecular formula is C17H13F2N3O3S. The van der Waals surface area contributed by atoms with Gasteiger partial charge >= 0.3 is 5.97 Å². The van der Waals surface area contributed by atoms with Crippen molar-refractivity contribution in [2.24, 2.45) is 0 Å². The van der Waals surface area contributed by atoms with E-state index in [0.29, 0.717) is 5.65 Å². The summed E-state index contributed by atoms with van der Waals surface area (Å²) < 4.78 is 31.7. The van der Waals surface area contributed by atoms with E-state index in [1.807, 2.05) is 0 Å². The third-order valence-electron chi connectivity index (χ3n) is 3.48. The van der Waals surface area contributed by atoms with E-state index in [4.69, 9.17) is 4.74 Å². The van der Waals surface area contributed by atoms with Crippen molar-refractivity contribution < 1.29 is 18.3 Å². The van der Waals surface area contributed by atoms with E-state index in [0.717, 1.165) is 5.69 Å². The zero-order valence-corrected chi connectivity index (χ0v) is 14.4. The number of esters is 1. The van der Waals surface area contributed by atoms with Crippen molar-refractivity contribution in [1.82, 2.24) is 14.4 Å². The molecule has 0 fully saturated rings. The molecule has 3 heterocycles. The third kappa shape index (κ3) is 3.88. The van der Waals surface area contributed by atoms with E-state index in [1.54, 1.807) is 25.1 Å². The predicted molar refractivity (Wildman–Crippen MR) is 91.4 cm³/mol. The molecule has 3 aromatic rings. The Morgan fingerprint density at radius 3 is 2.88 bits per heavy atom. The molecule has 134 valence electrons. The second-order valence-electron chi connectivity index (χ2n) is 5.26. The van der Waals surface area contributed by atoms with Crippen LogP contribution in [0.25, 0.3) is 5.65 Å². The summed E-state index contributed by atoms with van der Waals surface area (Å²) in [5.41, 5.74) is 1.06. The lowest BCUT2D eigenvalue weighted by molar-refractivity contribution is 0.0462. The highest BCUT2D eigenvalue weighted by Crippen LogP contribution is 2.26. The summed E-state index contributed by atoms with van der Waals surface area (Å²) in [6.07, 6.45) is 1.32. The van der Waals surface area contributed by atoms with E-state index in [9.17, 15) is 18.4 Å². The first kappa shape index (κ1) is 18.0. The Balaban J connectivity index is 1.81. The normalized spacial score (nSPS) is 11.1. The number of halogens is 2. The molecule has 0 aliphatic carbocycles. The van der Waals surface area contributed by atoms with Crippen molar-refractivity contribution in [3.8, 4) is 0 Å². The lowest BCUT2D eigenvalue weighted by Crippen LogP contribution is -2.18. The molecule has 26 heavy (non-hydrogen) atoms. The lowest BCUT2D eigenvalue weighted by atomic mass is 10.3. The molecule has 0 aromatic carbocycles. The minimum atomic E-state index is -2.71. The second kappa shape index (κ2) is 7.61. The first-order chi connectivity index (χ1) is 12.5. The van der Waals surface area contributed by atoms with Gasteiger partial charge in [-0.3, -0.25) is 9.20 Å². The fraction of sp³-hybridized carbons (Fsp3) is 0.176. The van der Waals surface area contributed by atoms with Crippen LogP contribution in [0.3, 0.4) is 0 Å². The van der Waals surface area contributed by atoms with Gasteiger partial charge in [-0.2, -0.15) is 8.78 Å². The van der Waals surface area contributed by atoms with E-state index >= 15 is 0 Å². The Kier molecular flexibility index (Phi) is 5.27. The van der Waals surface area contributed by atoms with Crippen LogP contribution >= 0.6 is 11.8 Å². The number of rotatable bonds is 5. The number of nitrogens with zero attached hydrogens (tertiary/aromatic N) is 3. The van der Waals surface area contributed by atoms with Gasteiger partial charge < -0.3 is 4.74 Å². The Labute approximate surface area is 150 Å². The fourth-order valence-corrected chi connectivity index (χ4v) is 2.95. The first-order valence-corrected chi connectivity index (χ1v) is 8.39. The van der Waals surface area contributed by atoms with Gasteiger partial charge in [0.1, 0.15) is 17.3 Å². The van der Waals surface area contributed by atoms with Gasteiger partial charge in [-0.25, -0.2) is 14.8 Å². The summed E-state index contributed by atoms with van der Waals surface area (Å²) in [7, 11) is 0. The number of alkyl halides is 2. The molecule has 3 rings (SSSR count). The minimum Gasteiger partial charge on any atom is -0.456 e. The van der Waals surface area contributed by atoms with Gasteiger partial charge in [0.25, 0.3) is 11.3 Å². The number of pyridine rings is 2. The zero-order valence-electron chi connectivity index (χ0n) is 13.6.